The monoisotopic (exact) mass is 299 g/mol. The zero-order valence-corrected chi connectivity index (χ0v) is 13.8. The quantitative estimate of drug-likeness (QED) is 0.788. The Hall–Kier alpha value is -1.07. The van der Waals surface area contributed by atoms with Crippen LogP contribution in [0.25, 0.3) is 0 Å². The van der Waals surface area contributed by atoms with Crippen molar-refractivity contribution in [2.45, 2.75) is 46.8 Å². The summed E-state index contributed by atoms with van der Waals surface area (Å²) in [6.07, 6.45) is 2.98. The van der Waals surface area contributed by atoms with E-state index in [4.69, 9.17) is 14.6 Å². The van der Waals surface area contributed by atoms with Crippen molar-refractivity contribution in [3.8, 4) is 0 Å². The lowest BCUT2D eigenvalue weighted by molar-refractivity contribution is -0.179. The van der Waals surface area contributed by atoms with Gasteiger partial charge in [0.15, 0.2) is 5.76 Å². The smallest absolute Gasteiger partial charge is 0.285 e. The molecule has 0 saturated carbocycles. The second kappa shape index (κ2) is 7.80. The Labute approximate surface area is 127 Å². The van der Waals surface area contributed by atoms with Crippen LogP contribution in [0.4, 0.5) is 0 Å². The number of ether oxygens (including phenoxy) is 2. The fraction of sp³-hybridized carbons (Fsp3) is 0.812. The van der Waals surface area contributed by atoms with Crippen molar-refractivity contribution >= 4 is 5.91 Å². The maximum Gasteiger partial charge on any atom is 0.285 e. The van der Waals surface area contributed by atoms with Crippen molar-refractivity contribution in [3.63, 3.8) is 0 Å². The fourth-order valence-corrected chi connectivity index (χ4v) is 2.82. The van der Waals surface area contributed by atoms with Gasteiger partial charge in [0, 0.05) is 26.2 Å². The average molecular weight is 299 g/mol. The molecule has 5 heteroatoms. The number of amides is 1. The zero-order valence-electron chi connectivity index (χ0n) is 13.8. The number of hydrogen-bond donors (Lipinski definition) is 2. The summed E-state index contributed by atoms with van der Waals surface area (Å²) in [5, 5.41) is 11.7. The minimum Gasteiger partial charge on any atom is -0.459 e. The molecule has 5 nitrogen and oxygen atoms in total. The summed E-state index contributed by atoms with van der Waals surface area (Å²) >= 11 is 0. The molecule has 0 fully saturated rings. The van der Waals surface area contributed by atoms with Crippen molar-refractivity contribution < 1.29 is 19.4 Å². The summed E-state index contributed by atoms with van der Waals surface area (Å²) in [5.41, 5.74) is -0.0154. The first-order valence-corrected chi connectivity index (χ1v) is 7.68. The maximum atomic E-state index is 11.9. The number of rotatable bonds is 6. The van der Waals surface area contributed by atoms with E-state index in [0.29, 0.717) is 18.8 Å². The Morgan fingerprint density at radius 3 is 2.62 bits per heavy atom. The Balaban J connectivity index is 3.10. The van der Waals surface area contributed by atoms with Crippen LogP contribution in [0.15, 0.2) is 11.8 Å². The molecular weight excluding hydrogens is 270 g/mol. The van der Waals surface area contributed by atoms with E-state index >= 15 is 0 Å². The van der Waals surface area contributed by atoms with Crippen LogP contribution in [0, 0.1) is 17.3 Å². The third-order valence-corrected chi connectivity index (χ3v) is 3.86. The van der Waals surface area contributed by atoms with E-state index in [-0.39, 0.29) is 29.8 Å². The topological polar surface area (TPSA) is 67.8 Å². The van der Waals surface area contributed by atoms with E-state index in [0.717, 1.165) is 6.42 Å². The highest BCUT2D eigenvalue weighted by Crippen LogP contribution is 2.42. The number of allylic oxidation sites excluding steroid dienone is 1. The van der Waals surface area contributed by atoms with Gasteiger partial charge in [0.05, 0.1) is 0 Å². The van der Waals surface area contributed by atoms with Crippen molar-refractivity contribution in [2.75, 3.05) is 20.3 Å². The van der Waals surface area contributed by atoms with Gasteiger partial charge in [-0.05, 0) is 37.2 Å². The molecule has 0 spiro atoms. The Morgan fingerprint density at radius 2 is 2.14 bits per heavy atom. The molecule has 122 valence electrons. The molecule has 1 aliphatic heterocycles. The van der Waals surface area contributed by atoms with Crippen LogP contribution in [-0.2, 0) is 14.3 Å². The van der Waals surface area contributed by atoms with Gasteiger partial charge in [-0.25, -0.2) is 0 Å². The minimum absolute atomic E-state index is 0.0154. The Morgan fingerprint density at radius 1 is 1.48 bits per heavy atom. The molecule has 0 aromatic rings. The molecule has 0 radical (unpaired) electrons. The second-order valence-corrected chi connectivity index (χ2v) is 6.47. The number of nitrogens with one attached hydrogen (secondary N) is 1. The zero-order chi connectivity index (χ0) is 16.0. The van der Waals surface area contributed by atoms with E-state index in [1.165, 1.54) is 0 Å². The Bertz CT molecular complexity index is 373. The van der Waals surface area contributed by atoms with Crippen molar-refractivity contribution in [2.24, 2.45) is 17.3 Å². The van der Waals surface area contributed by atoms with Gasteiger partial charge in [0.1, 0.15) is 0 Å². The molecule has 3 atom stereocenters. The molecule has 0 saturated heterocycles. The number of hydrogen-bond acceptors (Lipinski definition) is 4. The van der Waals surface area contributed by atoms with Crippen LogP contribution >= 0.6 is 0 Å². The molecular formula is C16H29NO4. The van der Waals surface area contributed by atoms with E-state index in [2.05, 4.69) is 26.1 Å². The van der Waals surface area contributed by atoms with Crippen molar-refractivity contribution in [3.05, 3.63) is 11.8 Å². The maximum absolute atomic E-state index is 11.9. The molecule has 1 amide bonds. The van der Waals surface area contributed by atoms with Crippen LogP contribution in [0.5, 0.6) is 0 Å². The molecule has 1 rings (SSSR count). The fourth-order valence-electron chi connectivity index (χ4n) is 2.82. The third kappa shape index (κ3) is 4.71. The lowest BCUT2D eigenvalue weighted by atomic mass is 9.70. The standard InChI is InChI=1S/C16H29NO4/c1-6-20-15-11(8-7-9-18)12(16(2,3)4)10-13(21-15)14(19)17-5/h10-12,15,18H,6-9H2,1-5H3,(H,17,19)/t11-,12-,15+/m0/s1. The van der Waals surface area contributed by atoms with Crippen LogP contribution in [0.1, 0.15) is 40.5 Å². The number of aliphatic hydroxyl groups is 1. The summed E-state index contributed by atoms with van der Waals surface area (Å²) in [6, 6.07) is 0. The molecule has 1 heterocycles. The lowest BCUT2D eigenvalue weighted by Crippen LogP contribution is -2.43. The van der Waals surface area contributed by atoms with Crippen LogP contribution in [-0.4, -0.2) is 37.6 Å². The number of aliphatic hydroxyl groups excluding tert-OH is 1. The molecule has 0 aromatic heterocycles. The predicted molar refractivity (Wildman–Crippen MR) is 81.4 cm³/mol. The molecule has 0 bridgehead atoms. The number of carbonyl (C=O) groups excluding carboxylic acids is 1. The number of likely N-dealkylation sites (N-methyl/N-ethyl adjacent to an activating group) is 1. The van der Waals surface area contributed by atoms with Gasteiger partial charge < -0.3 is 19.9 Å². The van der Waals surface area contributed by atoms with Crippen molar-refractivity contribution in [1.82, 2.24) is 5.32 Å². The molecule has 0 aromatic carbocycles. The minimum atomic E-state index is -0.442. The average Bonchev–Trinajstić information content (AvgIpc) is 2.43. The highest BCUT2D eigenvalue weighted by Gasteiger charge is 2.41. The summed E-state index contributed by atoms with van der Waals surface area (Å²) in [6.45, 7) is 9.04. The van der Waals surface area contributed by atoms with Gasteiger partial charge in [-0.15, -0.1) is 0 Å². The molecule has 0 unspecified atom stereocenters. The van der Waals surface area contributed by atoms with Crippen LogP contribution < -0.4 is 5.32 Å². The molecule has 1 aliphatic rings. The van der Waals surface area contributed by atoms with Gasteiger partial charge in [-0.1, -0.05) is 20.8 Å². The first-order valence-electron chi connectivity index (χ1n) is 7.68. The molecule has 21 heavy (non-hydrogen) atoms. The highest BCUT2D eigenvalue weighted by molar-refractivity contribution is 5.91. The molecule has 2 N–H and O–H groups in total. The number of carbonyl (C=O) groups is 1. The summed E-state index contributed by atoms with van der Waals surface area (Å²) in [5.74, 6) is 0.387. The highest BCUT2D eigenvalue weighted by atomic mass is 16.7. The third-order valence-electron chi connectivity index (χ3n) is 3.86. The second-order valence-electron chi connectivity index (χ2n) is 6.47. The van der Waals surface area contributed by atoms with Crippen molar-refractivity contribution in [1.29, 1.82) is 0 Å². The molecule has 0 aliphatic carbocycles. The first-order chi connectivity index (χ1) is 9.85. The van der Waals surface area contributed by atoms with E-state index < -0.39 is 6.29 Å². The van der Waals surface area contributed by atoms with E-state index in [1.54, 1.807) is 7.05 Å². The predicted octanol–water partition coefficient (Wildman–Crippen LogP) is 2.06. The Kier molecular flexibility index (Phi) is 6.68. The lowest BCUT2D eigenvalue weighted by Gasteiger charge is -2.42. The van der Waals surface area contributed by atoms with E-state index in [1.807, 2.05) is 13.0 Å². The van der Waals surface area contributed by atoms with Gasteiger partial charge >= 0.3 is 0 Å². The largest absolute Gasteiger partial charge is 0.459 e. The van der Waals surface area contributed by atoms with Gasteiger partial charge in [0.2, 0.25) is 6.29 Å². The van der Waals surface area contributed by atoms with Crippen LogP contribution in [0.2, 0.25) is 0 Å². The normalized spacial score (nSPS) is 26.0. The van der Waals surface area contributed by atoms with Gasteiger partial charge in [0.25, 0.3) is 5.91 Å². The van der Waals surface area contributed by atoms with Crippen LogP contribution in [0.3, 0.4) is 0 Å². The van der Waals surface area contributed by atoms with Gasteiger partial charge in [-0.3, -0.25) is 4.79 Å². The first kappa shape index (κ1) is 18.0. The SMILES string of the molecule is CCO[C@@H]1OC(C(=O)NC)=C[C@H](C(C)(C)C)[C@@H]1CCCO. The summed E-state index contributed by atoms with van der Waals surface area (Å²) in [4.78, 5) is 11.9. The summed E-state index contributed by atoms with van der Waals surface area (Å²) in [7, 11) is 1.59. The van der Waals surface area contributed by atoms with Gasteiger partial charge in [-0.2, -0.15) is 0 Å². The summed E-state index contributed by atoms with van der Waals surface area (Å²) < 4.78 is 11.5. The van der Waals surface area contributed by atoms with E-state index in [9.17, 15) is 4.79 Å².